The zero-order valence-corrected chi connectivity index (χ0v) is 10.3. The minimum Gasteiger partial charge on any atom is -0.398 e. The molecule has 0 amide bonds. The summed E-state index contributed by atoms with van der Waals surface area (Å²) in [7, 11) is 0. The van der Waals surface area contributed by atoms with Crippen molar-refractivity contribution >= 4 is 11.4 Å². The van der Waals surface area contributed by atoms with Gasteiger partial charge in [0.1, 0.15) is 0 Å². The molecular weight excluding hydrogens is 196 g/mol. The number of hydrogen-bond acceptors (Lipinski definition) is 2. The van der Waals surface area contributed by atoms with Gasteiger partial charge in [-0.15, -0.1) is 0 Å². The van der Waals surface area contributed by atoms with E-state index in [4.69, 9.17) is 5.73 Å². The van der Waals surface area contributed by atoms with Gasteiger partial charge < -0.3 is 11.1 Å². The fraction of sp³-hybridized carbons (Fsp3) is 0.571. The number of rotatable bonds is 5. The second-order valence-electron chi connectivity index (χ2n) is 5.12. The lowest BCUT2D eigenvalue weighted by Crippen LogP contribution is -2.15. The molecule has 0 atom stereocenters. The average molecular weight is 218 g/mol. The summed E-state index contributed by atoms with van der Waals surface area (Å²) in [6.07, 6.45) is 5.41. The second-order valence-corrected chi connectivity index (χ2v) is 5.12. The Balaban J connectivity index is 1.97. The summed E-state index contributed by atoms with van der Waals surface area (Å²) in [4.78, 5) is 0. The maximum atomic E-state index is 5.89. The van der Waals surface area contributed by atoms with Gasteiger partial charge in [0, 0.05) is 17.9 Å². The zero-order chi connectivity index (χ0) is 11.6. The van der Waals surface area contributed by atoms with E-state index >= 15 is 0 Å². The Morgan fingerprint density at radius 1 is 1.38 bits per heavy atom. The molecule has 2 heteroatoms. The van der Waals surface area contributed by atoms with Crippen LogP contribution in [0.15, 0.2) is 18.2 Å². The number of anilines is 2. The van der Waals surface area contributed by atoms with Gasteiger partial charge in [-0.3, -0.25) is 0 Å². The van der Waals surface area contributed by atoms with Crippen molar-refractivity contribution in [1.82, 2.24) is 0 Å². The molecule has 0 aliphatic heterocycles. The van der Waals surface area contributed by atoms with Gasteiger partial charge in [0.15, 0.2) is 0 Å². The van der Waals surface area contributed by atoms with Crippen molar-refractivity contribution in [2.24, 2.45) is 5.41 Å². The molecule has 16 heavy (non-hydrogen) atoms. The van der Waals surface area contributed by atoms with E-state index in [1.54, 1.807) is 0 Å². The molecule has 0 bridgehead atoms. The highest BCUT2D eigenvalue weighted by Gasteiger charge is 2.41. The molecule has 0 aromatic heterocycles. The van der Waals surface area contributed by atoms with Crippen LogP contribution in [0.3, 0.4) is 0 Å². The summed E-state index contributed by atoms with van der Waals surface area (Å²) in [5.74, 6) is 0. The highest BCUT2D eigenvalue weighted by molar-refractivity contribution is 5.62. The molecule has 1 aliphatic carbocycles. The van der Waals surface area contributed by atoms with Gasteiger partial charge >= 0.3 is 0 Å². The van der Waals surface area contributed by atoms with Crippen LogP contribution in [0.5, 0.6) is 0 Å². The van der Waals surface area contributed by atoms with E-state index in [9.17, 15) is 0 Å². The Labute approximate surface area is 98.2 Å². The minimum atomic E-state index is 0.589. The van der Waals surface area contributed by atoms with Crippen molar-refractivity contribution in [2.45, 2.75) is 39.5 Å². The van der Waals surface area contributed by atoms with E-state index in [0.717, 1.165) is 12.2 Å². The first-order valence-corrected chi connectivity index (χ1v) is 6.26. The van der Waals surface area contributed by atoms with E-state index in [1.165, 1.54) is 36.9 Å². The van der Waals surface area contributed by atoms with Gasteiger partial charge in [0.25, 0.3) is 0 Å². The van der Waals surface area contributed by atoms with Crippen LogP contribution in [0.25, 0.3) is 0 Å². The van der Waals surface area contributed by atoms with E-state index in [2.05, 4.69) is 25.2 Å². The first kappa shape index (κ1) is 11.3. The number of nitrogens with one attached hydrogen (secondary N) is 1. The third-order valence-electron chi connectivity index (χ3n) is 3.77. The van der Waals surface area contributed by atoms with Gasteiger partial charge in [-0.1, -0.05) is 19.4 Å². The van der Waals surface area contributed by atoms with Gasteiger partial charge in [-0.2, -0.15) is 0 Å². The fourth-order valence-corrected chi connectivity index (χ4v) is 2.35. The molecule has 0 saturated heterocycles. The minimum absolute atomic E-state index is 0.589. The molecule has 2 rings (SSSR count). The van der Waals surface area contributed by atoms with Crippen molar-refractivity contribution < 1.29 is 0 Å². The Morgan fingerprint density at radius 2 is 2.12 bits per heavy atom. The molecule has 1 aliphatic rings. The lowest BCUT2D eigenvalue weighted by molar-refractivity contribution is 0.485. The predicted molar refractivity (Wildman–Crippen MR) is 70.7 cm³/mol. The van der Waals surface area contributed by atoms with Gasteiger partial charge in [0.2, 0.25) is 0 Å². The SMILES string of the molecule is CCCC1(CNc2cccc(N)c2C)CC1. The number of nitrogens with two attached hydrogens (primary N) is 1. The maximum absolute atomic E-state index is 5.89. The van der Waals surface area contributed by atoms with E-state index in [-0.39, 0.29) is 0 Å². The molecule has 1 saturated carbocycles. The van der Waals surface area contributed by atoms with Crippen molar-refractivity contribution in [1.29, 1.82) is 0 Å². The third-order valence-corrected chi connectivity index (χ3v) is 3.77. The van der Waals surface area contributed by atoms with E-state index in [1.807, 2.05) is 12.1 Å². The van der Waals surface area contributed by atoms with Crippen LogP contribution < -0.4 is 11.1 Å². The molecule has 3 N–H and O–H groups in total. The Bertz CT molecular complexity index is 367. The molecule has 88 valence electrons. The highest BCUT2D eigenvalue weighted by Crippen LogP contribution is 2.49. The summed E-state index contributed by atoms with van der Waals surface area (Å²) in [6.45, 7) is 5.45. The lowest BCUT2D eigenvalue weighted by atomic mass is 10.0. The summed E-state index contributed by atoms with van der Waals surface area (Å²) < 4.78 is 0. The van der Waals surface area contributed by atoms with Crippen LogP contribution >= 0.6 is 0 Å². The first-order valence-electron chi connectivity index (χ1n) is 6.26. The van der Waals surface area contributed by atoms with Crippen LogP contribution in [-0.4, -0.2) is 6.54 Å². The lowest BCUT2D eigenvalue weighted by Gasteiger charge is -2.17. The summed E-state index contributed by atoms with van der Waals surface area (Å²) in [5.41, 5.74) is 9.74. The number of nitrogen functional groups attached to an aromatic ring is 1. The smallest absolute Gasteiger partial charge is 0.0390 e. The Morgan fingerprint density at radius 3 is 2.75 bits per heavy atom. The molecule has 1 aromatic rings. The van der Waals surface area contributed by atoms with Crippen molar-refractivity contribution in [3.05, 3.63) is 23.8 Å². The van der Waals surface area contributed by atoms with Crippen molar-refractivity contribution in [2.75, 3.05) is 17.6 Å². The molecular formula is C14H22N2. The van der Waals surface area contributed by atoms with Gasteiger partial charge in [-0.25, -0.2) is 0 Å². The van der Waals surface area contributed by atoms with Crippen molar-refractivity contribution in [3.63, 3.8) is 0 Å². The average Bonchev–Trinajstić information content (AvgIpc) is 3.02. The number of benzene rings is 1. The number of hydrogen-bond donors (Lipinski definition) is 2. The third kappa shape index (κ3) is 2.31. The van der Waals surface area contributed by atoms with Crippen LogP contribution in [0.4, 0.5) is 11.4 Å². The van der Waals surface area contributed by atoms with E-state index < -0.39 is 0 Å². The monoisotopic (exact) mass is 218 g/mol. The molecule has 0 unspecified atom stereocenters. The molecule has 1 aromatic carbocycles. The Kier molecular flexibility index (Phi) is 3.08. The first-order chi connectivity index (χ1) is 7.67. The van der Waals surface area contributed by atoms with Crippen molar-refractivity contribution in [3.8, 4) is 0 Å². The quantitative estimate of drug-likeness (QED) is 0.741. The standard InChI is InChI=1S/C14H22N2/c1-3-7-14(8-9-14)10-16-13-6-4-5-12(15)11(13)2/h4-6,16H,3,7-10,15H2,1-2H3. The normalized spacial score (nSPS) is 17.1. The topological polar surface area (TPSA) is 38.0 Å². The van der Waals surface area contributed by atoms with Crippen LogP contribution in [-0.2, 0) is 0 Å². The largest absolute Gasteiger partial charge is 0.398 e. The fourth-order valence-electron chi connectivity index (χ4n) is 2.35. The Hall–Kier alpha value is -1.18. The second kappa shape index (κ2) is 4.36. The summed E-state index contributed by atoms with van der Waals surface area (Å²) in [6, 6.07) is 6.09. The molecule has 2 nitrogen and oxygen atoms in total. The van der Waals surface area contributed by atoms with E-state index in [0.29, 0.717) is 5.41 Å². The predicted octanol–water partition coefficient (Wildman–Crippen LogP) is 3.57. The van der Waals surface area contributed by atoms with Gasteiger partial charge in [-0.05, 0) is 49.3 Å². The molecule has 1 fully saturated rings. The zero-order valence-electron chi connectivity index (χ0n) is 10.3. The summed E-state index contributed by atoms with van der Waals surface area (Å²) >= 11 is 0. The highest BCUT2D eigenvalue weighted by atomic mass is 14.9. The van der Waals surface area contributed by atoms with Crippen LogP contribution in [0.2, 0.25) is 0 Å². The van der Waals surface area contributed by atoms with Crippen LogP contribution in [0.1, 0.15) is 38.2 Å². The summed E-state index contributed by atoms with van der Waals surface area (Å²) in [5, 5.41) is 3.56. The van der Waals surface area contributed by atoms with Gasteiger partial charge in [0.05, 0.1) is 0 Å². The molecule has 0 spiro atoms. The van der Waals surface area contributed by atoms with Crippen LogP contribution in [0, 0.1) is 12.3 Å². The molecule has 0 radical (unpaired) electrons. The maximum Gasteiger partial charge on any atom is 0.0390 e. The molecule has 0 heterocycles.